The van der Waals surface area contributed by atoms with E-state index >= 15 is 0 Å². The molecular formula is C15H23I. The van der Waals surface area contributed by atoms with Gasteiger partial charge in [0.15, 0.2) is 0 Å². The van der Waals surface area contributed by atoms with Gasteiger partial charge in [0, 0.05) is 0 Å². The van der Waals surface area contributed by atoms with Crippen molar-refractivity contribution in [3.8, 4) is 0 Å². The van der Waals surface area contributed by atoms with Crippen molar-refractivity contribution < 1.29 is 0 Å². The van der Waals surface area contributed by atoms with Gasteiger partial charge in [0.1, 0.15) is 0 Å². The second kappa shape index (κ2) is 7.21. The molecule has 0 bridgehead atoms. The average molecular weight is 330 g/mol. The van der Waals surface area contributed by atoms with Crippen LogP contribution in [0.4, 0.5) is 0 Å². The van der Waals surface area contributed by atoms with Gasteiger partial charge in [-0.1, -0.05) is 58.7 Å². The summed E-state index contributed by atoms with van der Waals surface area (Å²) in [5, 5.41) is 0. The summed E-state index contributed by atoms with van der Waals surface area (Å²) < 4.78 is 3.34. The molecule has 1 heteroatoms. The van der Waals surface area contributed by atoms with E-state index in [-0.39, 0.29) is 20.7 Å². The van der Waals surface area contributed by atoms with Gasteiger partial charge in [-0.05, 0) is 45.3 Å². The molecule has 0 saturated carbocycles. The zero-order chi connectivity index (χ0) is 12.0. The normalized spacial score (nSPS) is 17.8. The summed E-state index contributed by atoms with van der Waals surface area (Å²) in [7, 11) is 0. The van der Waals surface area contributed by atoms with Crippen LogP contribution in [0.1, 0.15) is 46.5 Å². The second-order valence-electron chi connectivity index (χ2n) is 4.46. The van der Waals surface area contributed by atoms with Crippen LogP contribution < -0.4 is 0 Å². The van der Waals surface area contributed by atoms with Crippen LogP contribution in [0.2, 0.25) is 0 Å². The molecule has 0 spiro atoms. The Morgan fingerprint density at radius 1 is 1.38 bits per heavy atom. The van der Waals surface area contributed by atoms with Crippen molar-refractivity contribution in [3.05, 3.63) is 34.0 Å². The van der Waals surface area contributed by atoms with E-state index in [1.165, 1.54) is 24.8 Å². The molecule has 1 aliphatic rings. The van der Waals surface area contributed by atoms with Crippen molar-refractivity contribution in [2.24, 2.45) is 5.92 Å². The maximum absolute atomic E-state index is 3.91. The third kappa shape index (κ3) is 4.36. The first-order valence-corrected chi connectivity index (χ1v) is 8.32. The van der Waals surface area contributed by atoms with Gasteiger partial charge in [-0.25, -0.2) is 0 Å². The van der Waals surface area contributed by atoms with E-state index in [0.717, 1.165) is 12.3 Å². The molecule has 0 radical (unpaired) electrons. The minimum Gasteiger partial charge on any atom is -0.103 e. The molecule has 1 unspecified atom stereocenters. The van der Waals surface area contributed by atoms with Gasteiger partial charge in [-0.15, -0.1) is 6.58 Å². The third-order valence-electron chi connectivity index (χ3n) is 2.80. The average Bonchev–Trinajstić information content (AvgIpc) is 2.22. The molecule has 16 heavy (non-hydrogen) atoms. The van der Waals surface area contributed by atoms with Gasteiger partial charge in [-0.3, -0.25) is 0 Å². The fourth-order valence-corrected chi connectivity index (χ4v) is 5.30. The Bertz CT molecular complexity index is 329. The highest BCUT2D eigenvalue weighted by Gasteiger charge is 2.13. The molecule has 90 valence electrons. The van der Waals surface area contributed by atoms with E-state index in [0.29, 0.717) is 0 Å². The number of hydrogen-bond donors (Lipinski definition) is 0. The lowest BCUT2D eigenvalue weighted by atomic mass is 9.94. The van der Waals surface area contributed by atoms with E-state index in [9.17, 15) is 0 Å². The Morgan fingerprint density at radius 2 is 2.12 bits per heavy atom. The van der Waals surface area contributed by atoms with Gasteiger partial charge in [0.05, 0.1) is 0 Å². The van der Waals surface area contributed by atoms with Gasteiger partial charge >= 0.3 is 0 Å². The molecular weight excluding hydrogens is 307 g/mol. The minimum absolute atomic E-state index is 0.142. The van der Waals surface area contributed by atoms with Crippen molar-refractivity contribution in [3.63, 3.8) is 0 Å². The molecule has 0 aromatic heterocycles. The van der Waals surface area contributed by atoms with Crippen LogP contribution in [0.5, 0.6) is 0 Å². The van der Waals surface area contributed by atoms with Crippen molar-refractivity contribution in [1.29, 1.82) is 0 Å². The van der Waals surface area contributed by atoms with E-state index in [1.54, 1.807) is 7.09 Å². The van der Waals surface area contributed by atoms with Crippen LogP contribution in [0.25, 0.3) is 0 Å². The Kier molecular flexibility index (Phi) is 6.25. The minimum atomic E-state index is 0.142. The van der Waals surface area contributed by atoms with Crippen LogP contribution in [-0.4, -0.2) is 3.51 Å². The van der Waals surface area contributed by atoms with Gasteiger partial charge in [0.2, 0.25) is 0 Å². The Labute approximate surface area is 110 Å². The largest absolute Gasteiger partial charge is 0.103 e. The van der Waals surface area contributed by atoms with E-state index in [2.05, 4.69) is 45.6 Å². The van der Waals surface area contributed by atoms with Crippen LogP contribution in [0.15, 0.2) is 34.0 Å². The standard InChI is InChI=1S/C15H23I/c1-5-7-9-14(8-6-2)15-11-12(3)10-13(4)16-15/h6,10-11,14H,2,5,7-9H2,1,3-4H3. The SMILES string of the molecule is C=CCC(CCCC)C1=IC(C)=CC(C)=C1. The van der Waals surface area contributed by atoms with Crippen LogP contribution >= 0.6 is 20.7 Å². The fourth-order valence-electron chi connectivity index (χ4n) is 2.01. The first kappa shape index (κ1) is 13.9. The Balaban J connectivity index is 2.78. The van der Waals surface area contributed by atoms with Crippen LogP contribution in [0, 0.1) is 5.92 Å². The van der Waals surface area contributed by atoms with Crippen LogP contribution in [-0.2, 0) is 0 Å². The lowest BCUT2D eigenvalue weighted by molar-refractivity contribution is 0.596. The molecule has 0 N–H and O–H groups in total. The first-order valence-electron chi connectivity index (χ1n) is 6.16. The summed E-state index contributed by atoms with van der Waals surface area (Å²) in [5.41, 5.74) is 1.43. The number of allylic oxidation sites excluding steroid dienone is 5. The number of unbranched alkanes of at least 4 members (excludes halogenated alkanes) is 1. The quantitative estimate of drug-likeness (QED) is 0.453. The Hall–Kier alpha value is -0.180. The molecule has 0 aliphatic carbocycles. The molecule has 0 aromatic carbocycles. The lowest BCUT2D eigenvalue weighted by Gasteiger charge is -2.18. The zero-order valence-corrected chi connectivity index (χ0v) is 12.9. The van der Waals surface area contributed by atoms with E-state index in [1.807, 2.05) is 0 Å². The molecule has 0 aromatic rings. The second-order valence-corrected chi connectivity index (χ2v) is 7.95. The summed E-state index contributed by atoms with van der Waals surface area (Å²) in [6.45, 7) is 10.7. The third-order valence-corrected chi connectivity index (χ3v) is 5.77. The molecule has 1 atom stereocenters. The predicted molar refractivity (Wildman–Crippen MR) is 84.4 cm³/mol. The molecule has 1 aliphatic heterocycles. The summed E-state index contributed by atoms with van der Waals surface area (Å²) in [6.07, 6.45) is 12.0. The van der Waals surface area contributed by atoms with Gasteiger partial charge in [0.25, 0.3) is 0 Å². The van der Waals surface area contributed by atoms with Crippen LogP contribution in [0.3, 0.4) is 0 Å². The van der Waals surface area contributed by atoms with Crippen molar-refractivity contribution in [2.45, 2.75) is 46.5 Å². The van der Waals surface area contributed by atoms with Crippen molar-refractivity contribution >= 4 is 24.2 Å². The van der Waals surface area contributed by atoms with Gasteiger partial charge in [-0.2, -0.15) is 0 Å². The molecule has 0 nitrogen and oxygen atoms in total. The fraction of sp³-hybridized carbons (Fsp3) is 0.533. The molecule has 1 heterocycles. The maximum atomic E-state index is 3.91. The van der Waals surface area contributed by atoms with Gasteiger partial charge < -0.3 is 0 Å². The lowest BCUT2D eigenvalue weighted by Crippen LogP contribution is -2.11. The predicted octanol–water partition coefficient (Wildman–Crippen LogP) is 5.38. The van der Waals surface area contributed by atoms with Crippen molar-refractivity contribution in [1.82, 2.24) is 0 Å². The van der Waals surface area contributed by atoms with E-state index < -0.39 is 0 Å². The highest BCUT2D eigenvalue weighted by molar-refractivity contribution is 14.2. The molecule has 1 rings (SSSR count). The first-order chi connectivity index (χ1) is 7.67. The monoisotopic (exact) mass is 330 g/mol. The molecule has 0 saturated heterocycles. The molecule has 0 amide bonds. The number of hydrogen-bond acceptors (Lipinski definition) is 0. The number of rotatable bonds is 6. The summed E-state index contributed by atoms with van der Waals surface area (Å²) in [4.78, 5) is 0. The Morgan fingerprint density at radius 3 is 2.69 bits per heavy atom. The molecule has 0 fully saturated rings. The highest BCUT2D eigenvalue weighted by Crippen LogP contribution is 2.30. The summed E-state index contributed by atoms with van der Waals surface area (Å²) in [6, 6.07) is 0. The van der Waals surface area contributed by atoms with Crippen molar-refractivity contribution in [2.75, 3.05) is 0 Å². The summed E-state index contributed by atoms with van der Waals surface area (Å²) in [5.74, 6) is 0.767. The maximum Gasteiger partial charge on any atom is -0.00731 e. The van der Waals surface area contributed by atoms with E-state index in [4.69, 9.17) is 0 Å². The smallest absolute Gasteiger partial charge is 0.00731 e. The summed E-state index contributed by atoms with van der Waals surface area (Å²) >= 11 is 0.142. The topological polar surface area (TPSA) is 0 Å². The number of halogens is 1. The zero-order valence-electron chi connectivity index (χ0n) is 10.7. The highest BCUT2D eigenvalue weighted by atomic mass is 127.